The summed E-state index contributed by atoms with van der Waals surface area (Å²) in [6.07, 6.45) is -0.314. The van der Waals surface area contributed by atoms with Crippen molar-refractivity contribution < 1.29 is 9.22 Å². The molecule has 0 bridgehead atoms. The van der Waals surface area contributed by atoms with Crippen LogP contribution in [0, 0.1) is 0 Å². The van der Waals surface area contributed by atoms with Gasteiger partial charge in [-0.2, -0.15) is 0 Å². The first kappa shape index (κ1) is 5.51. The fourth-order valence-corrected chi connectivity index (χ4v) is 1.44. The fraction of sp³-hybridized carbons (Fsp3) is 0.286. The molecule has 60 valence electrons. The van der Waals surface area contributed by atoms with Crippen LogP contribution < -0.4 is 0 Å². The number of hydrogen-bond acceptors (Lipinski definition) is 2. The quantitative estimate of drug-likeness (QED) is 0.764. The summed E-state index contributed by atoms with van der Waals surface area (Å²) < 4.78 is 21.5. The number of nitrogens with zero attached hydrogens (tertiary/aromatic N) is 1. The average molecular weight is 240 g/mol. The molecule has 0 amide bonds. The maximum absolute atomic E-state index is 9.45. The fourth-order valence-electron chi connectivity index (χ4n) is 0.619. The van der Waals surface area contributed by atoms with Gasteiger partial charge in [0.1, 0.15) is 5.15 Å². The van der Waals surface area contributed by atoms with E-state index in [0.29, 0.717) is 4.47 Å². The van der Waals surface area contributed by atoms with Gasteiger partial charge in [0.15, 0.2) is 0 Å². The lowest BCUT2D eigenvalue weighted by molar-refractivity contribution is 0.198. The molecule has 0 spiro atoms. The summed E-state index contributed by atoms with van der Waals surface area (Å²) >= 11 is 8.68. The lowest BCUT2D eigenvalue weighted by Gasteiger charge is -2.05. The van der Waals surface area contributed by atoms with Gasteiger partial charge < -0.3 is 5.11 Å². The highest BCUT2D eigenvalue weighted by Gasteiger charge is 2.06. The number of rotatable bonds is 1. The molecule has 1 rings (SSSR count). The molecule has 1 heterocycles. The molecule has 0 aliphatic rings. The van der Waals surface area contributed by atoms with Crippen molar-refractivity contribution in [3.63, 3.8) is 0 Å². The predicted molar refractivity (Wildman–Crippen MR) is 47.6 cm³/mol. The van der Waals surface area contributed by atoms with E-state index in [1.807, 2.05) is 0 Å². The average Bonchev–Trinajstić information content (AvgIpc) is 2.01. The van der Waals surface area contributed by atoms with Gasteiger partial charge >= 0.3 is 0 Å². The van der Waals surface area contributed by atoms with Gasteiger partial charge in [0.2, 0.25) is 0 Å². The molecule has 0 radical (unpaired) electrons. The monoisotopic (exact) mass is 238 g/mol. The van der Waals surface area contributed by atoms with Crippen molar-refractivity contribution in [2.75, 3.05) is 0 Å². The van der Waals surface area contributed by atoms with Crippen LogP contribution in [0.4, 0.5) is 0 Å². The number of aliphatic hydroxyl groups is 1. The summed E-state index contributed by atoms with van der Waals surface area (Å²) in [6.45, 7) is -2.46. The molecular weight excluding hydrogens is 229 g/mol. The van der Waals surface area contributed by atoms with Crippen molar-refractivity contribution in [2.24, 2.45) is 0 Å². The highest BCUT2D eigenvalue weighted by atomic mass is 79.9. The third kappa shape index (κ3) is 2.15. The number of aliphatic hydroxyl groups excluding tert-OH is 1. The molecule has 0 saturated carbocycles. The van der Waals surface area contributed by atoms with Crippen LogP contribution >= 0.6 is 27.5 Å². The summed E-state index contributed by atoms with van der Waals surface area (Å²) in [5, 5.41) is 9.69. The second-order valence-corrected chi connectivity index (χ2v) is 3.17. The van der Waals surface area contributed by atoms with Crippen LogP contribution in [0.15, 0.2) is 16.7 Å². The van der Waals surface area contributed by atoms with Crippen LogP contribution in [-0.2, 0) is 0 Å². The van der Waals surface area contributed by atoms with Gasteiger partial charge in [0, 0.05) is 20.3 Å². The SMILES string of the molecule is [2H]C([2H])([2H])C(O)c1cnc(Cl)cc1Br. The van der Waals surface area contributed by atoms with Gasteiger partial charge in [0.25, 0.3) is 0 Å². The largest absolute Gasteiger partial charge is 0.389 e. The van der Waals surface area contributed by atoms with Gasteiger partial charge in [-0.15, -0.1) is 0 Å². The Labute approximate surface area is 82.6 Å². The van der Waals surface area contributed by atoms with Crippen LogP contribution in [0.2, 0.25) is 5.15 Å². The third-order valence-corrected chi connectivity index (χ3v) is 2.04. The third-order valence-electron chi connectivity index (χ3n) is 1.14. The maximum Gasteiger partial charge on any atom is 0.130 e. The molecule has 0 aliphatic carbocycles. The van der Waals surface area contributed by atoms with Crippen LogP contribution in [0.25, 0.3) is 0 Å². The highest BCUT2D eigenvalue weighted by molar-refractivity contribution is 9.10. The van der Waals surface area contributed by atoms with E-state index in [2.05, 4.69) is 20.9 Å². The second kappa shape index (κ2) is 3.52. The van der Waals surface area contributed by atoms with E-state index >= 15 is 0 Å². The zero-order valence-corrected chi connectivity index (χ0v) is 7.72. The normalized spacial score (nSPS) is 18.3. The van der Waals surface area contributed by atoms with Crippen LogP contribution in [0.5, 0.6) is 0 Å². The van der Waals surface area contributed by atoms with Crippen molar-refractivity contribution in [3.8, 4) is 0 Å². The Bertz CT molecular complexity index is 344. The molecule has 2 nitrogen and oxygen atoms in total. The minimum atomic E-state index is -2.46. The standard InChI is InChI=1S/C7H7BrClNO/c1-4(11)5-3-10-7(9)2-6(5)8/h2-4,11H,1H3/i1D3. The molecule has 1 aromatic rings. The van der Waals surface area contributed by atoms with Gasteiger partial charge in [-0.3, -0.25) is 0 Å². The zero-order chi connectivity index (χ0) is 10.9. The zero-order valence-electron chi connectivity index (χ0n) is 8.38. The Morgan fingerprint density at radius 1 is 1.91 bits per heavy atom. The first-order chi connectivity index (χ1) is 6.32. The van der Waals surface area contributed by atoms with Crippen molar-refractivity contribution in [3.05, 3.63) is 27.5 Å². The number of pyridine rings is 1. The molecular formula is C7H7BrClNO. The van der Waals surface area contributed by atoms with Crippen molar-refractivity contribution in [1.82, 2.24) is 4.98 Å². The Morgan fingerprint density at radius 2 is 2.64 bits per heavy atom. The van der Waals surface area contributed by atoms with Gasteiger partial charge in [-0.25, -0.2) is 4.98 Å². The first-order valence-corrected chi connectivity index (χ1v) is 3.98. The topological polar surface area (TPSA) is 33.1 Å². The smallest absolute Gasteiger partial charge is 0.130 e. The Morgan fingerprint density at radius 3 is 3.18 bits per heavy atom. The maximum atomic E-state index is 9.45. The molecule has 1 unspecified atom stereocenters. The lowest BCUT2D eigenvalue weighted by atomic mass is 10.2. The summed E-state index contributed by atoms with van der Waals surface area (Å²) in [5.41, 5.74) is 0.203. The summed E-state index contributed by atoms with van der Waals surface area (Å²) in [7, 11) is 0. The number of aromatic nitrogens is 1. The van der Waals surface area contributed by atoms with E-state index in [1.54, 1.807) is 0 Å². The number of hydrogen-bond donors (Lipinski definition) is 1. The van der Waals surface area contributed by atoms with Gasteiger partial charge in [-0.05, 0) is 12.9 Å². The Balaban J connectivity index is 3.08. The molecule has 11 heavy (non-hydrogen) atoms. The van der Waals surface area contributed by atoms with E-state index in [9.17, 15) is 5.11 Å². The highest BCUT2D eigenvalue weighted by Crippen LogP contribution is 2.24. The van der Waals surface area contributed by atoms with Crippen LogP contribution in [0.3, 0.4) is 0 Å². The van der Waals surface area contributed by atoms with Crippen molar-refractivity contribution in [2.45, 2.75) is 13.0 Å². The number of halogens is 2. The lowest BCUT2D eigenvalue weighted by Crippen LogP contribution is -1.93. The van der Waals surface area contributed by atoms with E-state index in [-0.39, 0.29) is 10.7 Å². The van der Waals surface area contributed by atoms with Gasteiger partial charge in [0.05, 0.1) is 6.10 Å². The Hall–Kier alpha value is -0.120. The molecule has 0 fully saturated rings. The first-order valence-electron chi connectivity index (χ1n) is 4.31. The summed E-state index contributed by atoms with van der Waals surface area (Å²) in [6, 6.07) is 1.44. The summed E-state index contributed by atoms with van der Waals surface area (Å²) in [5.74, 6) is 0. The predicted octanol–water partition coefficient (Wildman–Crippen LogP) is 2.55. The molecule has 1 atom stereocenters. The van der Waals surface area contributed by atoms with Gasteiger partial charge in [-0.1, -0.05) is 27.5 Å². The van der Waals surface area contributed by atoms with Crippen molar-refractivity contribution >= 4 is 27.5 Å². The molecule has 4 heteroatoms. The minimum Gasteiger partial charge on any atom is -0.389 e. The molecule has 1 aromatic heterocycles. The Kier molecular flexibility index (Phi) is 1.76. The van der Waals surface area contributed by atoms with Crippen LogP contribution in [-0.4, -0.2) is 10.1 Å². The van der Waals surface area contributed by atoms with E-state index in [0.717, 1.165) is 0 Å². The molecule has 0 aromatic carbocycles. The molecule has 0 aliphatic heterocycles. The summed E-state index contributed by atoms with van der Waals surface area (Å²) in [4.78, 5) is 3.70. The van der Waals surface area contributed by atoms with Crippen LogP contribution in [0.1, 0.15) is 22.6 Å². The van der Waals surface area contributed by atoms with Crippen molar-refractivity contribution in [1.29, 1.82) is 0 Å². The second-order valence-electron chi connectivity index (χ2n) is 1.93. The molecule has 1 N–H and O–H groups in total. The molecule has 0 saturated heterocycles. The van der Waals surface area contributed by atoms with E-state index in [1.165, 1.54) is 12.3 Å². The van der Waals surface area contributed by atoms with E-state index in [4.69, 9.17) is 15.7 Å². The van der Waals surface area contributed by atoms with E-state index < -0.39 is 13.0 Å². The minimum absolute atomic E-state index is 0.203.